The predicted molar refractivity (Wildman–Crippen MR) is 9.37 cm³/mol. The Balaban J connectivity index is 0. The van der Waals surface area contributed by atoms with Crippen LogP contribution in [0.3, 0.4) is 0 Å². The third-order valence-corrected chi connectivity index (χ3v) is 0. The molecule has 0 bridgehead atoms. The Labute approximate surface area is 42.9 Å². The molecule has 0 heterocycles. The van der Waals surface area contributed by atoms with Gasteiger partial charge < -0.3 is 24.3 Å². The van der Waals surface area contributed by atoms with Crippen molar-refractivity contribution in [1.29, 1.82) is 0 Å². The molecular formula is H2F4GeO. The van der Waals surface area contributed by atoms with E-state index < -0.39 is 0 Å². The van der Waals surface area contributed by atoms with E-state index in [-0.39, 0.29) is 41.9 Å². The van der Waals surface area contributed by atoms with Crippen LogP contribution in [0.4, 0.5) is 0 Å². The Kier molecular flexibility index (Phi) is 1070000. The molecule has 0 aliphatic heterocycles. The van der Waals surface area contributed by atoms with Crippen LogP contribution in [0.5, 0.6) is 0 Å². The standard InChI is InChI=1S/4FH.Ge.H2O/h4*1H;;1H2/q;;;;+4;/p-4. The molecule has 0 unspecified atom stereocenters. The van der Waals surface area contributed by atoms with E-state index in [1.165, 1.54) is 0 Å². The van der Waals surface area contributed by atoms with Gasteiger partial charge in [-0.3, -0.25) is 0 Å². The SMILES string of the molecule is O.[F-].[F-].[F-].[F-].[Ge+4]. The minimum absolute atomic E-state index is 0. The molecule has 0 aromatic carbocycles. The number of hydrogen-bond donors (Lipinski definition) is 0. The van der Waals surface area contributed by atoms with Crippen LogP contribution in [-0.4, -0.2) is 23.1 Å². The molecular weight excluding hydrogens is 165 g/mol. The fraction of sp³-hybridized carbons (Fsp3) is 0. The summed E-state index contributed by atoms with van der Waals surface area (Å²) in [6, 6.07) is 0. The van der Waals surface area contributed by atoms with Gasteiger partial charge in [-0.25, -0.2) is 0 Å². The van der Waals surface area contributed by atoms with E-state index in [4.69, 9.17) is 0 Å². The molecule has 0 amide bonds. The molecule has 0 aliphatic carbocycles. The molecule has 0 rings (SSSR count). The van der Waals surface area contributed by atoms with Crippen molar-refractivity contribution < 1.29 is 24.3 Å². The average molecular weight is 167 g/mol. The summed E-state index contributed by atoms with van der Waals surface area (Å²) in [5, 5.41) is 0. The largest absolute Gasteiger partial charge is 4.00 e. The quantitative estimate of drug-likeness (QED) is 0.253. The van der Waals surface area contributed by atoms with Crippen molar-refractivity contribution in [2.45, 2.75) is 0 Å². The summed E-state index contributed by atoms with van der Waals surface area (Å²) in [6.45, 7) is 0. The molecule has 0 aromatic rings. The molecule has 0 aromatic heterocycles. The van der Waals surface area contributed by atoms with Gasteiger partial charge in [0.1, 0.15) is 0 Å². The third-order valence-electron chi connectivity index (χ3n) is 0. The van der Waals surface area contributed by atoms with Crippen LogP contribution in [0, 0.1) is 0 Å². The zero-order chi connectivity index (χ0) is 0. The van der Waals surface area contributed by atoms with Crippen LogP contribution in [-0.2, 0) is 0 Å². The second-order valence-electron chi connectivity index (χ2n) is 0. The molecule has 2 N–H and O–H groups in total. The average Bonchev–Trinajstić information content (AvgIpc) is 0. The molecule has 0 atom stereocenters. The van der Waals surface area contributed by atoms with E-state index in [0.29, 0.717) is 0 Å². The maximum atomic E-state index is 0. The molecule has 0 saturated heterocycles. The van der Waals surface area contributed by atoms with E-state index in [9.17, 15) is 0 Å². The van der Waals surface area contributed by atoms with Gasteiger partial charge in [0.25, 0.3) is 0 Å². The number of hydrogen-bond acceptors (Lipinski definition) is 0. The third kappa shape index (κ3) is 883. The maximum absolute atomic E-state index is 0. The Morgan fingerprint density at radius 1 is 0.500 bits per heavy atom. The maximum Gasteiger partial charge on any atom is 4.00 e. The first-order valence-corrected chi connectivity index (χ1v) is 0. The number of halogens is 4. The minimum atomic E-state index is 0. The van der Waals surface area contributed by atoms with Crippen LogP contribution in [0.25, 0.3) is 0 Å². The number of rotatable bonds is 0. The van der Waals surface area contributed by atoms with Gasteiger partial charge in [-0.1, -0.05) is 0 Å². The van der Waals surface area contributed by atoms with Gasteiger partial charge in [0.2, 0.25) is 0 Å². The van der Waals surface area contributed by atoms with Gasteiger partial charge in [0.05, 0.1) is 0 Å². The molecule has 0 spiro atoms. The Morgan fingerprint density at radius 2 is 0.500 bits per heavy atom. The van der Waals surface area contributed by atoms with Crippen molar-refractivity contribution in [3.05, 3.63) is 0 Å². The summed E-state index contributed by atoms with van der Waals surface area (Å²) < 4.78 is 0. The first-order chi connectivity index (χ1) is 0. The summed E-state index contributed by atoms with van der Waals surface area (Å²) in [4.78, 5) is 0. The van der Waals surface area contributed by atoms with Crippen LogP contribution in [0.1, 0.15) is 0 Å². The zero-order valence-corrected chi connectivity index (χ0v) is 4.61. The van der Waals surface area contributed by atoms with E-state index >= 15 is 0 Å². The van der Waals surface area contributed by atoms with Crippen LogP contribution in [0.2, 0.25) is 0 Å². The monoisotopic (exact) mass is 168 g/mol. The molecule has 0 saturated carbocycles. The smallest absolute Gasteiger partial charge is 1.00 e. The molecule has 0 fully saturated rings. The summed E-state index contributed by atoms with van der Waals surface area (Å²) in [6.07, 6.45) is 0. The zero-order valence-electron chi connectivity index (χ0n) is 2.51. The Bertz CT molecular complexity index is 7.51. The first kappa shape index (κ1) is 3420. The minimum Gasteiger partial charge on any atom is -1.00 e. The van der Waals surface area contributed by atoms with E-state index in [1.807, 2.05) is 0 Å². The fourth-order valence-corrected chi connectivity index (χ4v) is 0. The summed E-state index contributed by atoms with van der Waals surface area (Å²) in [7, 11) is 0. The van der Waals surface area contributed by atoms with Gasteiger partial charge in [0.15, 0.2) is 0 Å². The van der Waals surface area contributed by atoms with Crippen LogP contribution in [0.15, 0.2) is 0 Å². The van der Waals surface area contributed by atoms with Crippen molar-refractivity contribution in [3.8, 4) is 0 Å². The van der Waals surface area contributed by atoms with E-state index in [2.05, 4.69) is 0 Å². The molecule has 0 aliphatic rings. The van der Waals surface area contributed by atoms with Gasteiger partial charge in [-0.2, -0.15) is 0 Å². The van der Waals surface area contributed by atoms with Gasteiger partial charge in [0, 0.05) is 0 Å². The summed E-state index contributed by atoms with van der Waals surface area (Å²) in [5.41, 5.74) is 0. The van der Waals surface area contributed by atoms with Crippen molar-refractivity contribution >= 4 is 17.6 Å². The summed E-state index contributed by atoms with van der Waals surface area (Å²) >= 11 is 0. The van der Waals surface area contributed by atoms with E-state index in [0.717, 1.165) is 0 Å². The fourth-order valence-electron chi connectivity index (χ4n) is 0. The summed E-state index contributed by atoms with van der Waals surface area (Å²) in [5.74, 6) is 0. The van der Waals surface area contributed by atoms with Crippen molar-refractivity contribution in [2.24, 2.45) is 0 Å². The van der Waals surface area contributed by atoms with Crippen molar-refractivity contribution in [3.63, 3.8) is 0 Å². The second kappa shape index (κ2) is 1880. The first-order valence-electron chi connectivity index (χ1n) is 0. The van der Waals surface area contributed by atoms with E-state index in [1.54, 1.807) is 0 Å². The molecule has 1 nitrogen and oxygen atoms in total. The van der Waals surface area contributed by atoms with Crippen LogP contribution >= 0.6 is 0 Å². The van der Waals surface area contributed by atoms with Crippen LogP contribution < -0.4 is 18.8 Å². The Morgan fingerprint density at radius 3 is 0.500 bits per heavy atom. The normalized spacial score (nSPS) is 0. The Hall–Kier alpha value is 0.223. The van der Waals surface area contributed by atoms with Gasteiger partial charge >= 0.3 is 17.6 Å². The van der Waals surface area contributed by atoms with Gasteiger partial charge in [-0.15, -0.1) is 0 Å². The topological polar surface area (TPSA) is 31.5 Å². The molecule has 6 heteroatoms. The molecule has 6 heavy (non-hydrogen) atoms. The molecule has 40 valence electrons. The van der Waals surface area contributed by atoms with Crippen molar-refractivity contribution in [1.82, 2.24) is 0 Å². The predicted octanol–water partition coefficient (Wildman–Crippen LogP) is -13.2. The second-order valence-corrected chi connectivity index (χ2v) is 0. The molecule has 0 radical (unpaired) electrons. The van der Waals surface area contributed by atoms with Crippen molar-refractivity contribution in [2.75, 3.05) is 0 Å². The van der Waals surface area contributed by atoms with Gasteiger partial charge in [-0.05, 0) is 0 Å².